The van der Waals surface area contributed by atoms with E-state index in [0.717, 1.165) is 5.52 Å². The molecule has 3 rings (SSSR count). The molecule has 15 heavy (non-hydrogen) atoms. The first kappa shape index (κ1) is 7.98. The number of hydrogen-bond donors (Lipinski definition) is 3. The van der Waals surface area contributed by atoms with E-state index in [1.165, 1.54) is 0 Å². The number of nitrogens with one attached hydrogen (secondary N) is 2. The Labute approximate surface area is 83.2 Å². The summed E-state index contributed by atoms with van der Waals surface area (Å²) in [7, 11) is 0. The van der Waals surface area contributed by atoms with Gasteiger partial charge in [0.25, 0.3) is 5.56 Å². The van der Waals surface area contributed by atoms with E-state index in [9.17, 15) is 4.79 Å². The summed E-state index contributed by atoms with van der Waals surface area (Å²) in [6.45, 7) is 0. The third-order valence-corrected chi connectivity index (χ3v) is 2.28. The number of imidazole rings is 1. The minimum absolute atomic E-state index is 0.117. The van der Waals surface area contributed by atoms with E-state index in [1.807, 2.05) is 0 Å². The molecule has 0 fully saturated rings. The molecule has 2 heterocycles. The molecule has 74 valence electrons. The van der Waals surface area contributed by atoms with Crippen molar-refractivity contribution in [2.45, 2.75) is 0 Å². The summed E-state index contributed by atoms with van der Waals surface area (Å²) in [5.74, 6) is 0.117. The molecule has 0 bridgehead atoms. The number of H-pyrrole nitrogens is 2. The zero-order valence-corrected chi connectivity index (χ0v) is 7.61. The van der Waals surface area contributed by atoms with Crippen LogP contribution in [0.4, 0.5) is 5.95 Å². The van der Waals surface area contributed by atoms with Gasteiger partial charge in [0.15, 0.2) is 0 Å². The van der Waals surface area contributed by atoms with Crippen LogP contribution in [-0.4, -0.2) is 19.9 Å². The molecule has 3 aromatic rings. The summed E-state index contributed by atoms with van der Waals surface area (Å²) in [6, 6.07) is 3.52. The first-order valence-electron chi connectivity index (χ1n) is 4.37. The Morgan fingerprint density at radius 3 is 2.93 bits per heavy atom. The van der Waals surface area contributed by atoms with E-state index < -0.39 is 0 Å². The van der Waals surface area contributed by atoms with Crippen LogP contribution < -0.4 is 11.3 Å². The van der Waals surface area contributed by atoms with E-state index >= 15 is 0 Å². The van der Waals surface area contributed by atoms with Crippen LogP contribution in [0.25, 0.3) is 21.9 Å². The van der Waals surface area contributed by atoms with Crippen molar-refractivity contribution in [2.75, 3.05) is 5.73 Å². The van der Waals surface area contributed by atoms with Crippen LogP contribution in [0, 0.1) is 0 Å². The Hall–Kier alpha value is -2.37. The maximum absolute atomic E-state index is 11.7. The van der Waals surface area contributed by atoms with Gasteiger partial charge in [-0.15, -0.1) is 0 Å². The highest BCUT2D eigenvalue weighted by Gasteiger charge is 2.07. The summed E-state index contributed by atoms with van der Waals surface area (Å²) in [5.41, 5.74) is 7.17. The van der Waals surface area contributed by atoms with Gasteiger partial charge < -0.3 is 10.7 Å². The number of nitrogen functional groups attached to an aromatic ring is 1. The number of rotatable bonds is 0. The molecule has 0 aliphatic heterocycles. The monoisotopic (exact) mass is 201 g/mol. The van der Waals surface area contributed by atoms with Crippen LogP contribution in [0.15, 0.2) is 23.3 Å². The van der Waals surface area contributed by atoms with Crippen molar-refractivity contribution in [3.8, 4) is 0 Å². The Bertz CT molecular complexity index is 711. The predicted molar refractivity (Wildman–Crippen MR) is 56.4 cm³/mol. The second-order valence-electron chi connectivity index (χ2n) is 3.21. The normalized spacial score (nSPS) is 11.2. The van der Waals surface area contributed by atoms with Crippen LogP contribution >= 0.6 is 0 Å². The largest absolute Gasteiger partial charge is 0.369 e. The molecule has 6 heteroatoms. The highest BCUT2D eigenvalue weighted by Crippen LogP contribution is 2.17. The second-order valence-corrected chi connectivity index (χ2v) is 3.21. The van der Waals surface area contributed by atoms with Gasteiger partial charge in [0.05, 0.1) is 28.3 Å². The fraction of sp³-hybridized carbons (Fsp3) is 0. The number of anilines is 1. The van der Waals surface area contributed by atoms with Gasteiger partial charge >= 0.3 is 0 Å². The van der Waals surface area contributed by atoms with Gasteiger partial charge in [-0.05, 0) is 12.1 Å². The molecule has 0 aliphatic rings. The first-order chi connectivity index (χ1) is 7.25. The Balaban J connectivity index is 2.68. The summed E-state index contributed by atoms with van der Waals surface area (Å²) in [5, 5.41) is 0.485. The number of nitrogens with two attached hydrogens (primary N) is 1. The number of aromatic amines is 2. The van der Waals surface area contributed by atoms with Crippen LogP contribution in [0.5, 0.6) is 0 Å². The standard InChI is InChI=1S/C9H7N5O/c10-9-13-4-1-2-5-7(12-3-11-5)6(4)8(15)14-9/h1-3H,(H,11,12)(H3,10,13,14,15). The smallest absolute Gasteiger partial charge is 0.262 e. The summed E-state index contributed by atoms with van der Waals surface area (Å²) in [4.78, 5) is 25.2. The lowest BCUT2D eigenvalue weighted by Gasteiger charge is -1.98. The highest BCUT2D eigenvalue weighted by atomic mass is 16.1. The highest BCUT2D eigenvalue weighted by molar-refractivity contribution is 6.01. The molecular formula is C9H7N5O. The summed E-state index contributed by atoms with van der Waals surface area (Å²) >= 11 is 0. The van der Waals surface area contributed by atoms with Crippen LogP contribution in [0.1, 0.15) is 0 Å². The third-order valence-electron chi connectivity index (χ3n) is 2.28. The van der Waals surface area contributed by atoms with Crippen molar-refractivity contribution >= 4 is 27.9 Å². The van der Waals surface area contributed by atoms with Gasteiger partial charge in [-0.2, -0.15) is 0 Å². The molecule has 4 N–H and O–H groups in total. The zero-order valence-electron chi connectivity index (χ0n) is 7.61. The maximum Gasteiger partial charge on any atom is 0.262 e. The number of benzene rings is 1. The predicted octanol–water partition coefficient (Wildman–Crippen LogP) is 0.382. The van der Waals surface area contributed by atoms with Crippen LogP contribution in [0.3, 0.4) is 0 Å². The quantitative estimate of drug-likeness (QED) is 0.489. The number of hydrogen-bond acceptors (Lipinski definition) is 4. The van der Waals surface area contributed by atoms with Crippen molar-refractivity contribution in [2.24, 2.45) is 0 Å². The topological polar surface area (TPSA) is 100 Å². The molecule has 0 aliphatic carbocycles. The molecule has 0 spiro atoms. The van der Waals surface area contributed by atoms with Crippen LogP contribution in [0.2, 0.25) is 0 Å². The Morgan fingerprint density at radius 1 is 1.27 bits per heavy atom. The van der Waals surface area contributed by atoms with Gasteiger partial charge in [0.1, 0.15) is 0 Å². The molecule has 0 radical (unpaired) electrons. The van der Waals surface area contributed by atoms with Gasteiger partial charge in [-0.1, -0.05) is 0 Å². The molecule has 0 unspecified atom stereocenters. The van der Waals surface area contributed by atoms with E-state index in [1.54, 1.807) is 18.5 Å². The van der Waals surface area contributed by atoms with E-state index in [2.05, 4.69) is 19.9 Å². The Morgan fingerprint density at radius 2 is 2.07 bits per heavy atom. The summed E-state index contributed by atoms with van der Waals surface area (Å²) < 4.78 is 0. The van der Waals surface area contributed by atoms with Crippen molar-refractivity contribution < 1.29 is 0 Å². The number of fused-ring (bicyclic) bond motifs is 3. The molecule has 0 amide bonds. The lowest BCUT2D eigenvalue weighted by atomic mass is 10.2. The molecule has 1 aromatic carbocycles. The zero-order chi connectivity index (χ0) is 10.4. The van der Waals surface area contributed by atoms with Crippen molar-refractivity contribution in [1.29, 1.82) is 0 Å². The van der Waals surface area contributed by atoms with Gasteiger partial charge in [0, 0.05) is 0 Å². The fourth-order valence-electron chi connectivity index (χ4n) is 1.66. The van der Waals surface area contributed by atoms with Crippen LogP contribution in [-0.2, 0) is 0 Å². The molecule has 0 saturated carbocycles. The lowest BCUT2D eigenvalue weighted by molar-refractivity contribution is 1.19. The minimum atomic E-state index is -0.257. The number of nitrogens with zero attached hydrogens (tertiary/aromatic N) is 2. The minimum Gasteiger partial charge on any atom is -0.369 e. The third kappa shape index (κ3) is 1.01. The van der Waals surface area contributed by atoms with Gasteiger partial charge in [-0.3, -0.25) is 9.78 Å². The van der Waals surface area contributed by atoms with Gasteiger partial charge in [0.2, 0.25) is 5.95 Å². The maximum atomic E-state index is 11.7. The van der Waals surface area contributed by atoms with Gasteiger partial charge in [-0.25, -0.2) is 9.97 Å². The van der Waals surface area contributed by atoms with E-state index in [-0.39, 0.29) is 11.5 Å². The molecule has 6 nitrogen and oxygen atoms in total. The van der Waals surface area contributed by atoms with Crippen molar-refractivity contribution in [3.63, 3.8) is 0 Å². The second kappa shape index (κ2) is 2.57. The molecule has 2 aromatic heterocycles. The molecule has 0 atom stereocenters. The average molecular weight is 201 g/mol. The first-order valence-corrected chi connectivity index (χ1v) is 4.37. The van der Waals surface area contributed by atoms with E-state index in [0.29, 0.717) is 16.4 Å². The van der Waals surface area contributed by atoms with Crippen molar-refractivity contribution in [1.82, 2.24) is 19.9 Å². The lowest BCUT2D eigenvalue weighted by Crippen LogP contribution is -2.11. The Kier molecular flexibility index (Phi) is 1.37. The SMILES string of the molecule is Nc1nc2ccc3nc[nH]c3c2c(=O)[nH]1. The number of aromatic nitrogens is 4. The molecule has 0 saturated heterocycles. The van der Waals surface area contributed by atoms with Crippen molar-refractivity contribution in [3.05, 3.63) is 28.8 Å². The molecular weight excluding hydrogens is 194 g/mol. The average Bonchev–Trinajstić information content (AvgIpc) is 2.63. The summed E-state index contributed by atoms with van der Waals surface area (Å²) in [6.07, 6.45) is 1.54. The fourth-order valence-corrected chi connectivity index (χ4v) is 1.66. The van der Waals surface area contributed by atoms with E-state index in [4.69, 9.17) is 5.73 Å².